The highest BCUT2D eigenvalue weighted by atomic mass is 14.6. The average Bonchev–Trinajstić information content (AvgIpc) is 2.12. The molecule has 0 bridgehead atoms. The zero-order valence-corrected chi connectivity index (χ0v) is 8.88. The van der Waals surface area contributed by atoms with Gasteiger partial charge >= 0.3 is 0 Å². The van der Waals surface area contributed by atoms with E-state index >= 15 is 0 Å². The number of hydrogen-bond acceptors (Lipinski definition) is 2. The predicted molar refractivity (Wildman–Crippen MR) is 54.8 cm³/mol. The monoisotopic (exact) mass is 172 g/mol. The Kier molecular flexibility index (Phi) is 5.51. The van der Waals surface area contributed by atoms with Crippen LogP contribution in [0.4, 0.5) is 0 Å². The maximum atomic E-state index is 5.62. The highest BCUT2D eigenvalue weighted by Gasteiger charge is 2.21. The number of nitrogens with two attached hydrogens (primary N) is 2. The molecule has 4 atom stereocenters. The minimum Gasteiger partial charge on any atom is -0.330 e. The molecule has 0 radical (unpaired) electrons. The van der Waals surface area contributed by atoms with Gasteiger partial charge in [-0.1, -0.05) is 27.7 Å². The molecule has 2 nitrogen and oxygen atoms in total. The van der Waals surface area contributed by atoms with Gasteiger partial charge in [0.1, 0.15) is 0 Å². The fourth-order valence-corrected chi connectivity index (χ4v) is 1.47. The van der Waals surface area contributed by atoms with E-state index in [1.165, 1.54) is 0 Å². The van der Waals surface area contributed by atoms with Gasteiger partial charge in [-0.15, -0.1) is 0 Å². The molecule has 4 N–H and O–H groups in total. The predicted octanol–water partition coefficient (Wildman–Crippen LogP) is 1.45. The van der Waals surface area contributed by atoms with Crippen molar-refractivity contribution in [3.05, 3.63) is 0 Å². The lowest BCUT2D eigenvalue weighted by Gasteiger charge is -2.29. The molecule has 74 valence electrons. The first kappa shape index (κ1) is 11.9. The molecular formula is C10H24N2. The molecule has 0 amide bonds. The number of hydrogen-bond donors (Lipinski definition) is 2. The lowest BCUT2D eigenvalue weighted by molar-refractivity contribution is 0.220. The zero-order valence-electron chi connectivity index (χ0n) is 8.88. The molecule has 0 aromatic heterocycles. The molecule has 4 unspecified atom stereocenters. The Balaban J connectivity index is 3.99. The fourth-order valence-electron chi connectivity index (χ4n) is 1.47. The SMILES string of the molecule is CC(CN)C(C)C(C)C(C)CN. The molecule has 0 fully saturated rings. The highest BCUT2D eigenvalue weighted by Crippen LogP contribution is 2.25. The van der Waals surface area contributed by atoms with Crippen LogP contribution in [0.5, 0.6) is 0 Å². The van der Waals surface area contributed by atoms with E-state index in [-0.39, 0.29) is 0 Å². The minimum absolute atomic E-state index is 0.606. The van der Waals surface area contributed by atoms with Gasteiger partial charge in [0.05, 0.1) is 0 Å². The van der Waals surface area contributed by atoms with E-state index in [1.807, 2.05) is 0 Å². The standard InChI is InChI=1S/C10H24N2/c1-7(5-11)9(3)10(4)8(2)6-12/h7-10H,5-6,11-12H2,1-4H3. The summed E-state index contributed by atoms with van der Waals surface area (Å²) >= 11 is 0. The maximum absolute atomic E-state index is 5.62. The van der Waals surface area contributed by atoms with Crippen LogP contribution in [0.2, 0.25) is 0 Å². The summed E-state index contributed by atoms with van der Waals surface area (Å²) in [4.78, 5) is 0. The molecule has 0 saturated carbocycles. The van der Waals surface area contributed by atoms with Gasteiger partial charge in [0, 0.05) is 0 Å². The molecule has 0 aromatic rings. The summed E-state index contributed by atoms with van der Waals surface area (Å²) in [6, 6.07) is 0. The third-order valence-electron chi connectivity index (χ3n) is 3.37. The molecule has 12 heavy (non-hydrogen) atoms. The zero-order chi connectivity index (χ0) is 9.72. The molecule has 0 aliphatic rings. The Bertz CT molecular complexity index is 100. The van der Waals surface area contributed by atoms with Gasteiger partial charge < -0.3 is 11.5 Å². The molecule has 2 heteroatoms. The molecule has 0 rings (SSSR count). The summed E-state index contributed by atoms with van der Waals surface area (Å²) in [5.74, 6) is 2.56. The first-order valence-electron chi connectivity index (χ1n) is 4.94. The topological polar surface area (TPSA) is 52.0 Å². The summed E-state index contributed by atoms with van der Waals surface area (Å²) < 4.78 is 0. The van der Waals surface area contributed by atoms with Crippen molar-refractivity contribution in [3.8, 4) is 0 Å². The van der Waals surface area contributed by atoms with Crippen LogP contribution in [0.3, 0.4) is 0 Å². The van der Waals surface area contributed by atoms with E-state index in [0.29, 0.717) is 23.7 Å². The highest BCUT2D eigenvalue weighted by molar-refractivity contribution is 4.73. The van der Waals surface area contributed by atoms with Crippen molar-refractivity contribution in [1.82, 2.24) is 0 Å². The molecular weight excluding hydrogens is 148 g/mol. The quantitative estimate of drug-likeness (QED) is 0.659. The van der Waals surface area contributed by atoms with Crippen LogP contribution in [-0.4, -0.2) is 13.1 Å². The summed E-state index contributed by atoms with van der Waals surface area (Å²) in [7, 11) is 0. The summed E-state index contributed by atoms with van der Waals surface area (Å²) in [5.41, 5.74) is 11.2. The third-order valence-corrected chi connectivity index (χ3v) is 3.37. The van der Waals surface area contributed by atoms with Crippen molar-refractivity contribution < 1.29 is 0 Å². The van der Waals surface area contributed by atoms with Crippen molar-refractivity contribution in [2.75, 3.05) is 13.1 Å². The molecule has 0 saturated heterocycles. The van der Waals surface area contributed by atoms with Gasteiger partial charge in [-0.25, -0.2) is 0 Å². The van der Waals surface area contributed by atoms with E-state index in [4.69, 9.17) is 11.5 Å². The van der Waals surface area contributed by atoms with E-state index < -0.39 is 0 Å². The number of rotatable bonds is 5. The fraction of sp³-hybridized carbons (Fsp3) is 1.00. The molecule has 0 heterocycles. The van der Waals surface area contributed by atoms with E-state index in [2.05, 4.69) is 27.7 Å². The average molecular weight is 172 g/mol. The van der Waals surface area contributed by atoms with Gasteiger partial charge in [0.25, 0.3) is 0 Å². The van der Waals surface area contributed by atoms with Crippen molar-refractivity contribution in [1.29, 1.82) is 0 Å². The van der Waals surface area contributed by atoms with Gasteiger partial charge in [-0.05, 0) is 36.8 Å². The molecule has 0 aliphatic heterocycles. The van der Waals surface area contributed by atoms with Crippen LogP contribution in [-0.2, 0) is 0 Å². The second-order valence-corrected chi connectivity index (χ2v) is 4.14. The first-order valence-corrected chi connectivity index (χ1v) is 4.94. The van der Waals surface area contributed by atoms with E-state index in [1.54, 1.807) is 0 Å². The lowest BCUT2D eigenvalue weighted by Crippen LogP contribution is -2.30. The van der Waals surface area contributed by atoms with Crippen molar-refractivity contribution >= 4 is 0 Å². The summed E-state index contributed by atoms with van der Waals surface area (Å²) in [6.45, 7) is 10.5. The van der Waals surface area contributed by atoms with Gasteiger partial charge in [-0.2, -0.15) is 0 Å². The van der Waals surface area contributed by atoms with Crippen LogP contribution in [0.25, 0.3) is 0 Å². The van der Waals surface area contributed by atoms with Gasteiger partial charge in [0.2, 0.25) is 0 Å². The second kappa shape index (κ2) is 5.55. The van der Waals surface area contributed by atoms with Crippen LogP contribution < -0.4 is 11.5 Å². The Labute approximate surface area is 76.7 Å². The second-order valence-electron chi connectivity index (χ2n) is 4.14. The van der Waals surface area contributed by atoms with Crippen molar-refractivity contribution in [3.63, 3.8) is 0 Å². The Morgan fingerprint density at radius 2 is 1.00 bits per heavy atom. The normalized spacial score (nSPS) is 21.5. The maximum Gasteiger partial charge on any atom is -0.00489 e. The molecule has 0 aromatic carbocycles. The van der Waals surface area contributed by atoms with Crippen LogP contribution in [0, 0.1) is 23.7 Å². The molecule has 0 spiro atoms. The Morgan fingerprint density at radius 1 is 0.750 bits per heavy atom. The summed E-state index contributed by atoms with van der Waals surface area (Å²) in [6.07, 6.45) is 0. The van der Waals surface area contributed by atoms with Crippen LogP contribution in [0.15, 0.2) is 0 Å². The lowest BCUT2D eigenvalue weighted by atomic mass is 9.78. The third kappa shape index (κ3) is 3.11. The molecule has 0 aliphatic carbocycles. The Morgan fingerprint density at radius 3 is 1.17 bits per heavy atom. The first-order chi connectivity index (χ1) is 5.54. The van der Waals surface area contributed by atoms with Gasteiger partial charge in [-0.3, -0.25) is 0 Å². The Hall–Kier alpha value is -0.0800. The largest absolute Gasteiger partial charge is 0.330 e. The minimum atomic E-state index is 0.606. The van der Waals surface area contributed by atoms with Crippen molar-refractivity contribution in [2.45, 2.75) is 27.7 Å². The van der Waals surface area contributed by atoms with E-state index in [9.17, 15) is 0 Å². The van der Waals surface area contributed by atoms with Crippen LogP contribution in [0.1, 0.15) is 27.7 Å². The van der Waals surface area contributed by atoms with Gasteiger partial charge in [0.15, 0.2) is 0 Å². The smallest absolute Gasteiger partial charge is 0.00489 e. The van der Waals surface area contributed by atoms with Crippen molar-refractivity contribution in [2.24, 2.45) is 35.1 Å². The summed E-state index contributed by atoms with van der Waals surface area (Å²) in [5, 5.41) is 0. The van der Waals surface area contributed by atoms with Crippen LogP contribution >= 0.6 is 0 Å². The van der Waals surface area contributed by atoms with E-state index in [0.717, 1.165) is 13.1 Å².